The number of alkyl halides is 2. The average Bonchev–Trinajstić information content (AvgIpc) is 2.23. The number of likely N-dealkylation sites (tertiary alicyclic amines) is 2. The van der Waals surface area contributed by atoms with Gasteiger partial charge in [0.05, 0.1) is 18.7 Å². The van der Waals surface area contributed by atoms with Crippen molar-refractivity contribution in [2.75, 3.05) is 26.2 Å². The number of halogens is 2. The zero-order valence-corrected chi connectivity index (χ0v) is 11.9. The van der Waals surface area contributed by atoms with Crippen LogP contribution in [0.15, 0.2) is 0 Å². The number of hydrogen-bond donors (Lipinski definition) is 1. The van der Waals surface area contributed by atoms with Crippen LogP contribution >= 0.6 is 0 Å². The highest BCUT2D eigenvalue weighted by molar-refractivity contribution is 4.93. The lowest BCUT2D eigenvalue weighted by Gasteiger charge is -2.47. The van der Waals surface area contributed by atoms with Crippen molar-refractivity contribution in [3.8, 4) is 0 Å². The maximum atomic E-state index is 12.8. The molecule has 1 atom stereocenters. The van der Waals surface area contributed by atoms with Gasteiger partial charge >= 0.3 is 0 Å². The van der Waals surface area contributed by atoms with Crippen LogP contribution in [0.25, 0.3) is 0 Å². The molecule has 2 saturated heterocycles. The van der Waals surface area contributed by atoms with E-state index >= 15 is 0 Å². The highest BCUT2D eigenvalue weighted by Crippen LogP contribution is 2.32. The van der Waals surface area contributed by atoms with Gasteiger partial charge in [-0.2, -0.15) is 0 Å². The lowest BCUT2D eigenvalue weighted by molar-refractivity contribution is -0.246. The molecule has 0 spiro atoms. The second-order valence-corrected chi connectivity index (χ2v) is 6.58. The van der Waals surface area contributed by atoms with Crippen molar-refractivity contribution in [1.29, 1.82) is 0 Å². The minimum Gasteiger partial charge on any atom is -0.356 e. The van der Waals surface area contributed by atoms with E-state index in [1.54, 1.807) is 0 Å². The highest BCUT2D eigenvalue weighted by Gasteiger charge is 2.47. The topological polar surface area (TPSA) is 35.9 Å². The predicted octanol–water partition coefficient (Wildman–Crippen LogP) is 1.49. The van der Waals surface area contributed by atoms with Gasteiger partial charge in [0.2, 0.25) is 6.41 Å². The monoisotopic (exact) mass is 278 g/mol. The Balaban J connectivity index is 1.74. The van der Waals surface area contributed by atoms with Gasteiger partial charge in [0, 0.05) is 19.1 Å². The second-order valence-electron chi connectivity index (χ2n) is 6.58. The Morgan fingerprint density at radius 2 is 1.74 bits per heavy atom. The minimum atomic E-state index is -2.49. The van der Waals surface area contributed by atoms with Gasteiger partial charge in [-0.25, -0.2) is 8.78 Å². The molecule has 0 bridgehead atoms. The van der Waals surface area contributed by atoms with E-state index in [2.05, 4.69) is 0 Å². The van der Waals surface area contributed by atoms with Gasteiger partial charge in [0.15, 0.2) is 0 Å². The lowest BCUT2D eigenvalue weighted by Crippen LogP contribution is -2.62. The van der Waals surface area contributed by atoms with Crippen LogP contribution in [0.4, 0.5) is 8.78 Å². The maximum Gasteiger partial charge on any atom is 0.272 e. The third-order valence-corrected chi connectivity index (χ3v) is 3.66. The first kappa shape index (κ1) is 15.1. The Bertz CT molecular complexity index is 304. The molecule has 2 fully saturated rings. The van der Waals surface area contributed by atoms with Crippen LogP contribution < -0.4 is 0 Å². The smallest absolute Gasteiger partial charge is 0.272 e. The molecule has 0 aromatic rings. The standard InChI is InChI=1S/C13H24F2N2O2/c1-12(2,3)19-11(18)16-6-4-10(5-7-16)17-8-13(14,15)9-17/h10-11,18H,4-9H2,1-3H3. The third kappa shape index (κ3) is 4.08. The number of piperidine rings is 1. The van der Waals surface area contributed by atoms with Crippen molar-refractivity contribution in [2.24, 2.45) is 0 Å². The van der Waals surface area contributed by atoms with Gasteiger partial charge in [-0.15, -0.1) is 0 Å². The largest absolute Gasteiger partial charge is 0.356 e. The Hall–Kier alpha value is -0.300. The van der Waals surface area contributed by atoms with E-state index in [0.29, 0.717) is 13.1 Å². The number of ether oxygens (including phenoxy) is 1. The lowest BCUT2D eigenvalue weighted by atomic mass is 9.98. The van der Waals surface area contributed by atoms with Gasteiger partial charge in [-0.1, -0.05) is 0 Å². The molecule has 2 aliphatic heterocycles. The number of hydrogen-bond acceptors (Lipinski definition) is 4. The molecule has 2 rings (SSSR count). The van der Waals surface area contributed by atoms with E-state index in [-0.39, 0.29) is 19.1 Å². The maximum absolute atomic E-state index is 12.8. The van der Waals surface area contributed by atoms with Gasteiger partial charge in [-0.3, -0.25) is 9.80 Å². The van der Waals surface area contributed by atoms with Crippen LogP contribution in [0, 0.1) is 0 Å². The van der Waals surface area contributed by atoms with Crippen molar-refractivity contribution in [1.82, 2.24) is 9.80 Å². The molecule has 1 unspecified atom stereocenters. The molecule has 0 amide bonds. The van der Waals surface area contributed by atoms with Crippen LogP contribution in [0.2, 0.25) is 0 Å². The molecule has 4 nitrogen and oxygen atoms in total. The summed E-state index contributed by atoms with van der Waals surface area (Å²) in [6, 6.07) is 0.220. The molecule has 0 saturated carbocycles. The predicted molar refractivity (Wildman–Crippen MR) is 68.0 cm³/mol. The first-order valence-corrected chi connectivity index (χ1v) is 6.88. The van der Waals surface area contributed by atoms with Gasteiger partial charge < -0.3 is 9.84 Å². The summed E-state index contributed by atoms with van der Waals surface area (Å²) in [4.78, 5) is 3.70. The van der Waals surface area contributed by atoms with E-state index in [1.165, 1.54) is 0 Å². The number of aliphatic hydroxyl groups excluding tert-OH is 1. The quantitative estimate of drug-likeness (QED) is 0.794. The van der Waals surface area contributed by atoms with Crippen molar-refractivity contribution >= 4 is 0 Å². The molecule has 0 aliphatic carbocycles. The Labute approximate surface area is 113 Å². The molecule has 1 N–H and O–H groups in total. The van der Waals surface area contributed by atoms with Gasteiger partial charge in [-0.05, 0) is 33.6 Å². The molecule has 112 valence electrons. The fourth-order valence-corrected chi connectivity index (χ4v) is 2.67. The zero-order chi connectivity index (χ0) is 14.3. The van der Waals surface area contributed by atoms with E-state index in [4.69, 9.17) is 4.74 Å². The van der Waals surface area contributed by atoms with Crippen molar-refractivity contribution in [2.45, 2.75) is 57.6 Å². The molecule has 2 aliphatic rings. The van der Waals surface area contributed by atoms with Crippen molar-refractivity contribution in [3.05, 3.63) is 0 Å². The summed E-state index contributed by atoms with van der Waals surface area (Å²) >= 11 is 0. The summed E-state index contributed by atoms with van der Waals surface area (Å²) in [6.07, 6.45) is 0.708. The summed E-state index contributed by atoms with van der Waals surface area (Å²) in [6.45, 7) is 6.83. The van der Waals surface area contributed by atoms with E-state index in [0.717, 1.165) is 12.8 Å². The van der Waals surface area contributed by atoms with Gasteiger partial charge in [0.1, 0.15) is 0 Å². The summed E-state index contributed by atoms with van der Waals surface area (Å²) < 4.78 is 31.1. The molecule has 0 aromatic heterocycles. The normalized spacial score (nSPS) is 28.1. The molecule has 0 aromatic carbocycles. The summed E-state index contributed by atoms with van der Waals surface area (Å²) in [5.41, 5.74) is -0.393. The highest BCUT2D eigenvalue weighted by atomic mass is 19.3. The first-order chi connectivity index (χ1) is 8.66. The molecular formula is C13H24F2N2O2. The van der Waals surface area contributed by atoms with Crippen LogP contribution in [0.1, 0.15) is 33.6 Å². The molecule has 2 heterocycles. The molecular weight excluding hydrogens is 254 g/mol. The minimum absolute atomic E-state index is 0.112. The van der Waals surface area contributed by atoms with Crippen LogP contribution in [0.3, 0.4) is 0 Å². The van der Waals surface area contributed by atoms with Crippen molar-refractivity contribution < 1.29 is 18.6 Å². The van der Waals surface area contributed by atoms with E-state index in [1.807, 2.05) is 30.6 Å². The fourth-order valence-electron chi connectivity index (χ4n) is 2.67. The second kappa shape index (κ2) is 5.24. The number of rotatable bonds is 3. The molecule has 19 heavy (non-hydrogen) atoms. The third-order valence-electron chi connectivity index (χ3n) is 3.66. The number of aliphatic hydroxyl groups is 1. The SMILES string of the molecule is CC(C)(C)OC(O)N1CCC(N2CC(F)(F)C2)CC1. The summed E-state index contributed by atoms with van der Waals surface area (Å²) in [5, 5.41) is 9.96. The summed E-state index contributed by atoms with van der Waals surface area (Å²) in [5.74, 6) is -2.49. The Morgan fingerprint density at radius 1 is 1.21 bits per heavy atom. The van der Waals surface area contributed by atoms with Crippen LogP contribution in [-0.4, -0.2) is 65.1 Å². The molecule has 0 radical (unpaired) electrons. The zero-order valence-electron chi connectivity index (χ0n) is 11.9. The van der Waals surface area contributed by atoms with Crippen LogP contribution in [-0.2, 0) is 4.74 Å². The Kier molecular flexibility index (Phi) is 4.16. The van der Waals surface area contributed by atoms with Crippen LogP contribution in [0.5, 0.6) is 0 Å². The first-order valence-electron chi connectivity index (χ1n) is 6.88. The van der Waals surface area contributed by atoms with Gasteiger partial charge in [0.25, 0.3) is 5.92 Å². The summed E-state index contributed by atoms with van der Waals surface area (Å²) in [7, 11) is 0. The van der Waals surface area contributed by atoms with E-state index in [9.17, 15) is 13.9 Å². The molecule has 6 heteroatoms. The fraction of sp³-hybridized carbons (Fsp3) is 1.00. The van der Waals surface area contributed by atoms with E-state index < -0.39 is 17.9 Å². The average molecular weight is 278 g/mol. The number of nitrogens with zero attached hydrogens (tertiary/aromatic N) is 2. The van der Waals surface area contributed by atoms with Crippen molar-refractivity contribution in [3.63, 3.8) is 0 Å². The Morgan fingerprint density at radius 3 is 2.16 bits per heavy atom.